The molecule has 6 heteroatoms. The Morgan fingerprint density at radius 3 is 2.64 bits per heavy atom. The maximum atomic E-state index is 12.6. The number of fused-ring (bicyclic) bond motifs is 1. The monoisotopic (exact) mass is 382 g/mol. The molecule has 2 aliphatic rings. The summed E-state index contributed by atoms with van der Waals surface area (Å²) in [7, 11) is 1.73. The smallest absolute Gasteiger partial charge is 0.303 e. The second-order valence-corrected chi connectivity index (χ2v) is 7.63. The number of hydrogen-bond acceptors (Lipinski definition) is 6. The predicted molar refractivity (Wildman–Crippen MR) is 105 cm³/mol. The summed E-state index contributed by atoms with van der Waals surface area (Å²) in [5.74, 6) is 2.18. The van der Waals surface area contributed by atoms with Crippen molar-refractivity contribution in [3.05, 3.63) is 34.7 Å². The fourth-order valence-electron chi connectivity index (χ4n) is 3.81. The van der Waals surface area contributed by atoms with Gasteiger partial charge in [0.2, 0.25) is 0 Å². The highest BCUT2D eigenvalue weighted by Crippen LogP contribution is 2.37. The number of carbonyl (C=O) groups is 2. The Hall–Kier alpha value is -2.65. The van der Waals surface area contributed by atoms with Gasteiger partial charge in [-0.05, 0) is 38.3 Å². The first kappa shape index (κ1) is 20.1. The number of ketones is 1. The number of aromatic nitrogens is 1. The Morgan fingerprint density at radius 2 is 2.07 bits per heavy atom. The Morgan fingerprint density at radius 1 is 1.39 bits per heavy atom. The van der Waals surface area contributed by atoms with Gasteiger partial charge in [-0.2, -0.15) is 0 Å². The number of nitrogens with zero attached hydrogens (tertiary/aromatic N) is 2. The number of allylic oxidation sites excluding steroid dienone is 1. The van der Waals surface area contributed by atoms with E-state index in [0.29, 0.717) is 11.3 Å². The van der Waals surface area contributed by atoms with E-state index in [1.165, 1.54) is 6.92 Å². The summed E-state index contributed by atoms with van der Waals surface area (Å²) in [6.07, 6.45) is 8.86. The SMILES string of the molecule is C#CC1=C(N2CCC(C)(OC)CC2)c2cc(C(C)OC(C)=O)ncc2CC1=O. The number of methoxy groups -OCH3 is 1. The number of likely N-dealkylation sites (tertiary alicyclic amines) is 1. The first-order valence-corrected chi connectivity index (χ1v) is 9.48. The lowest BCUT2D eigenvalue weighted by molar-refractivity contribution is -0.146. The Labute approximate surface area is 165 Å². The fraction of sp³-hybridized carbons (Fsp3) is 0.500. The molecule has 1 aliphatic heterocycles. The van der Waals surface area contributed by atoms with E-state index >= 15 is 0 Å². The minimum atomic E-state index is -0.478. The van der Waals surface area contributed by atoms with Crippen LogP contribution in [0.4, 0.5) is 0 Å². The van der Waals surface area contributed by atoms with E-state index in [9.17, 15) is 9.59 Å². The van der Waals surface area contributed by atoms with Gasteiger partial charge < -0.3 is 14.4 Å². The molecule has 1 atom stereocenters. The van der Waals surface area contributed by atoms with E-state index in [2.05, 4.69) is 22.7 Å². The van der Waals surface area contributed by atoms with E-state index < -0.39 is 6.10 Å². The van der Waals surface area contributed by atoms with Crippen molar-refractivity contribution in [2.45, 2.75) is 51.7 Å². The van der Waals surface area contributed by atoms with Crippen molar-refractivity contribution in [1.82, 2.24) is 9.88 Å². The minimum Gasteiger partial charge on any atom is -0.456 e. The molecule has 0 saturated carbocycles. The van der Waals surface area contributed by atoms with Crippen molar-refractivity contribution in [3.63, 3.8) is 0 Å². The number of terminal acetylenes is 1. The average Bonchev–Trinajstić information content (AvgIpc) is 2.67. The number of hydrogen-bond donors (Lipinski definition) is 0. The molecular formula is C22H26N2O4. The molecular weight excluding hydrogens is 356 g/mol. The topological polar surface area (TPSA) is 68.7 Å². The molecule has 28 heavy (non-hydrogen) atoms. The first-order valence-electron chi connectivity index (χ1n) is 9.48. The van der Waals surface area contributed by atoms with Gasteiger partial charge >= 0.3 is 5.97 Å². The zero-order valence-corrected chi connectivity index (χ0v) is 16.9. The summed E-state index contributed by atoms with van der Waals surface area (Å²) >= 11 is 0. The third kappa shape index (κ3) is 3.81. The lowest BCUT2D eigenvalue weighted by atomic mass is 9.86. The molecule has 1 unspecified atom stereocenters. The molecule has 0 bridgehead atoms. The summed E-state index contributed by atoms with van der Waals surface area (Å²) in [4.78, 5) is 30.5. The van der Waals surface area contributed by atoms with Gasteiger partial charge in [0.25, 0.3) is 0 Å². The summed E-state index contributed by atoms with van der Waals surface area (Å²) in [6.45, 7) is 6.74. The van der Waals surface area contributed by atoms with Crippen molar-refractivity contribution < 1.29 is 19.1 Å². The van der Waals surface area contributed by atoms with Gasteiger partial charge in [0, 0.05) is 45.3 Å². The van der Waals surface area contributed by atoms with Crippen LogP contribution in [0.1, 0.15) is 56.5 Å². The van der Waals surface area contributed by atoms with Crippen molar-refractivity contribution in [1.29, 1.82) is 0 Å². The molecule has 2 heterocycles. The van der Waals surface area contributed by atoms with Crippen molar-refractivity contribution >= 4 is 17.4 Å². The van der Waals surface area contributed by atoms with Gasteiger partial charge in [0.1, 0.15) is 6.10 Å². The summed E-state index contributed by atoms with van der Waals surface area (Å²) in [5, 5.41) is 0. The molecule has 1 aliphatic carbocycles. The maximum Gasteiger partial charge on any atom is 0.303 e. The molecule has 1 fully saturated rings. The predicted octanol–water partition coefficient (Wildman–Crippen LogP) is 2.68. The number of ether oxygens (including phenoxy) is 2. The third-order valence-corrected chi connectivity index (χ3v) is 5.66. The quantitative estimate of drug-likeness (QED) is 0.589. The number of esters is 1. The maximum absolute atomic E-state index is 12.6. The number of carbonyl (C=O) groups excluding carboxylic acids is 2. The highest BCUT2D eigenvalue weighted by atomic mass is 16.5. The zero-order chi connectivity index (χ0) is 20.5. The van der Waals surface area contributed by atoms with Crippen molar-refractivity contribution in [3.8, 4) is 12.3 Å². The van der Waals surface area contributed by atoms with Gasteiger partial charge in [-0.25, -0.2) is 0 Å². The lowest BCUT2D eigenvalue weighted by Crippen LogP contribution is -2.43. The lowest BCUT2D eigenvalue weighted by Gasteiger charge is -2.41. The second kappa shape index (κ2) is 7.76. The molecule has 1 aromatic rings. The molecule has 1 aromatic heterocycles. The molecule has 0 amide bonds. The normalized spacial score (nSPS) is 19.7. The summed E-state index contributed by atoms with van der Waals surface area (Å²) < 4.78 is 10.9. The van der Waals surface area contributed by atoms with Gasteiger partial charge in [-0.1, -0.05) is 5.92 Å². The van der Waals surface area contributed by atoms with Gasteiger partial charge in [0.15, 0.2) is 5.78 Å². The van der Waals surface area contributed by atoms with Crippen LogP contribution in [0.2, 0.25) is 0 Å². The van der Waals surface area contributed by atoms with Crippen LogP contribution in [0.3, 0.4) is 0 Å². The van der Waals surface area contributed by atoms with Crippen LogP contribution in [0.5, 0.6) is 0 Å². The molecule has 6 nitrogen and oxygen atoms in total. The minimum absolute atomic E-state index is 0.0624. The molecule has 1 saturated heterocycles. The standard InChI is InChI=1S/C22H26N2O4/c1-6-17-20(26)11-16-13-23-19(14(2)28-15(3)25)12-18(16)21(17)24-9-7-22(4,27-5)8-10-24/h1,12-14H,7-11H2,2-5H3. The third-order valence-electron chi connectivity index (χ3n) is 5.66. The fourth-order valence-corrected chi connectivity index (χ4v) is 3.81. The van der Waals surface area contributed by atoms with Crippen LogP contribution < -0.4 is 0 Å². The largest absolute Gasteiger partial charge is 0.456 e. The van der Waals surface area contributed by atoms with Crippen LogP contribution in [0.25, 0.3) is 5.70 Å². The molecule has 3 rings (SSSR count). The van der Waals surface area contributed by atoms with Crippen molar-refractivity contribution in [2.75, 3.05) is 20.2 Å². The van der Waals surface area contributed by atoms with Crippen LogP contribution in [0.15, 0.2) is 17.8 Å². The van der Waals surface area contributed by atoms with E-state index in [0.717, 1.165) is 42.8 Å². The van der Waals surface area contributed by atoms with Gasteiger partial charge in [-0.3, -0.25) is 14.6 Å². The Kier molecular flexibility index (Phi) is 5.57. The molecule has 0 aromatic carbocycles. The first-order chi connectivity index (χ1) is 13.3. The van der Waals surface area contributed by atoms with Crippen molar-refractivity contribution in [2.24, 2.45) is 0 Å². The Bertz CT molecular complexity index is 873. The van der Waals surface area contributed by atoms with E-state index in [1.807, 2.05) is 6.07 Å². The second-order valence-electron chi connectivity index (χ2n) is 7.63. The van der Waals surface area contributed by atoms with Crippen LogP contribution in [-0.2, 0) is 25.5 Å². The summed E-state index contributed by atoms with van der Waals surface area (Å²) in [5.41, 5.74) is 3.41. The van der Waals surface area contributed by atoms with E-state index in [1.54, 1.807) is 20.2 Å². The molecule has 0 N–H and O–H groups in total. The highest BCUT2D eigenvalue weighted by molar-refractivity contribution is 6.10. The summed E-state index contributed by atoms with van der Waals surface area (Å²) in [6, 6.07) is 1.90. The molecule has 0 spiro atoms. The van der Waals surface area contributed by atoms with Crippen LogP contribution >= 0.6 is 0 Å². The highest BCUT2D eigenvalue weighted by Gasteiger charge is 2.35. The number of Topliss-reactive ketones (excluding diaryl/α,β-unsaturated/α-hetero) is 1. The zero-order valence-electron chi connectivity index (χ0n) is 16.9. The van der Waals surface area contributed by atoms with Gasteiger partial charge in [-0.15, -0.1) is 6.42 Å². The average molecular weight is 382 g/mol. The van der Waals surface area contributed by atoms with E-state index in [4.69, 9.17) is 15.9 Å². The number of rotatable bonds is 4. The van der Waals surface area contributed by atoms with Crippen LogP contribution in [-0.4, -0.2) is 47.4 Å². The van der Waals surface area contributed by atoms with Crippen LogP contribution in [0, 0.1) is 12.3 Å². The van der Waals surface area contributed by atoms with E-state index in [-0.39, 0.29) is 23.8 Å². The number of piperidine rings is 1. The Balaban J connectivity index is 2.02. The molecule has 0 radical (unpaired) electrons. The number of pyridine rings is 1. The van der Waals surface area contributed by atoms with Gasteiger partial charge in [0.05, 0.1) is 22.6 Å². The molecule has 148 valence electrons.